The lowest BCUT2D eigenvalue weighted by Crippen LogP contribution is -2.29. The normalized spacial score (nSPS) is 12.2. The summed E-state index contributed by atoms with van der Waals surface area (Å²) in [6.45, 7) is -0.692. The molecule has 4 rings (SSSR count). The van der Waals surface area contributed by atoms with Gasteiger partial charge in [-0.25, -0.2) is 9.69 Å². The highest BCUT2D eigenvalue weighted by Crippen LogP contribution is 2.30. The van der Waals surface area contributed by atoms with Crippen LogP contribution in [0.2, 0.25) is 0 Å². The number of carbonyl (C=O) groups excluding carboxylic acids is 4. The number of hydrogen-bond acceptors (Lipinski definition) is 8. The number of carbonyl (C=O) groups is 4. The summed E-state index contributed by atoms with van der Waals surface area (Å²) < 4.78 is 9.91. The van der Waals surface area contributed by atoms with E-state index in [2.05, 4.69) is 5.32 Å². The second-order valence-corrected chi connectivity index (χ2v) is 7.30. The number of fused-ring (bicyclic) bond motifs is 1. The number of hydrogen-bond donors (Lipinski definition) is 1. The van der Waals surface area contributed by atoms with Gasteiger partial charge in [0.05, 0.1) is 40.5 Å². The first-order chi connectivity index (χ1) is 16.8. The molecule has 0 atom stereocenters. The number of amides is 3. The number of nitro groups is 1. The Morgan fingerprint density at radius 1 is 0.971 bits per heavy atom. The Labute approximate surface area is 198 Å². The standard InChI is InChI=1S/C24H17N3O8/c1-34-16-10-11-19(20(12-16)27(32)33)25-21(28)13-35-24(31)14-6-8-15(9-7-14)26-22(29)17-4-2-3-5-18(17)23(26)30/h2-12H,13H2,1H3,(H,25,28). The summed E-state index contributed by atoms with van der Waals surface area (Å²) in [5.74, 6) is -2.31. The molecule has 0 spiro atoms. The summed E-state index contributed by atoms with van der Waals surface area (Å²) in [5, 5.41) is 13.5. The lowest BCUT2D eigenvalue weighted by molar-refractivity contribution is -0.384. The Morgan fingerprint density at radius 2 is 1.60 bits per heavy atom. The van der Waals surface area contributed by atoms with Crippen LogP contribution in [0.5, 0.6) is 5.75 Å². The molecule has 11 nitrogen and oxygen atoms in total. The van der Waals surface area contributed by atoms with Gasteiger partial charge in [-0.05, 0) is 48.5 Å². The van der Waals surface area contributed by atoms with Gasteiger partial charge in [-0.2, -0.15) is 0 Å². The predicted molar refractivity (Wildman–Crippen MR) is 123 cm³/mol. The molecule has 1 heterocycles. The van der Waals surface area contributed by atoms with Crippen LogP contribution in [-0.4, -0.2) is 42.3 Å². The fourth-order valence-corrected chi connectivity index (χ4v) is 3.47. The molecule has 0 aromatic heterocycles. The van der Waals surface area contributed by atoms with Gasteiger partial charge in [-0.15, -0.1) is 0 Å². The van der Waals surface area contributed by atoms with Crippen molar-refractivity contribution >= 4 is 40.8 Å². The van der Waals surface area contributed by atoms with Gasteiger partial charge in [-0.1, -0.05) is 12.1 Å². The molecule has 176 valence electrons. The molecule has 1 N–H and O–H groups in total. The average molecular weight is 475 g/mol. The molecule has 1 aliphatic rings. The molecular formula is C24H17N3O8. The molecule has 0 radical (unpaired) electrons. The first-order valence-corrected chi connectivity index (χ1v) is 10.2. The highest BCUT2D eigenvalue weighted by atomic mass is 16.6. The van der Waals surface area contributed by atoms with Crippen LogP contribution in [0.4, 0.5) is 17.1 Å². The number of anilines is 2. The second-order valence-electron chi connectivity index (χ2n) is 7.30. The summed E-state index contributed by atoms with van der Waals surface area (Å²) in [6.07, 6.45) is 0. The van der Waals surface area contributed by atoms with E-state index in [1.54, 1.807) is 24.3 Å². The Bertz CT molecular complexity index is 1330. The average Bonchev–Trinajstić information content (AvgIpc) is 3.12. The van der Waals surface area contributed by atoms with Gasteiger partial charge in [0.15, 0.2) is 6.61 Å². The quantitative estimate of drug-likeness (QED) is 0.237. The van der Waals surface area contributed by atoms with Crippen LogP contribution in [0.1, 0.15) is 31.1 Å². The molecule has 0 unspecified atom stereocenters. The lowest BCUT2D eigenvalue weighted by Gasteiger charge is -2.14. The second kappa shape index (κ2) is 9.43. The molecule has 0 bridgehead atoms. The number of methoxy groups -OCH3 is 1. The third kappa shape index (κ3) is 4.55. The Morgan fingerprint density at radius 3 is 2.17 bits per heavy atom. The van der Waals surface area contributed by atoms with Crippen molar-refractivity contribution in [2.45, 2.75) is 0 Å². The molecule has 1 aliphatic heterocycles. The number of imide groups is 1. The topological polar surface area (TPSA) is 145 Å². The Kier molecular flexibility index (Phi) is 6.23. The van der Waals surface area contributed by atoms with Crippen LogP contribution in [0, 0.1) is 10.1 Å². The fraction of sp³-hybridized carbons (Fsp3) is 0.0833. The first-order valence-electron chi connectivity index (χ1n) is 10.2. The monoisotopic (exact) mass is 475 g/mol. The third-order valence-electron chi connectivity index (χ3n) is 5.17. The van der Waals surface area contributed by atoms with Crippen LogP contribution in [0.3, 0.4) is 0 Å². The van der Waals surface area contributed by atoms with Crippen molar-refractivity contribution in [3.8, 4) is 5.75 Å². The van der Waals surface area contributed by atoms with Gasteiger partial charge in [-0.3, -0.25) is 24.5 Å². The maximum absolute atomic E-state index is 12.6. The molecule has 3 aromatic carbocycles. The van der Waals surface area contributed by atoms with Crippen molar-refractivity contribution in [2.75, 3.05) is 23.9 Å². The maximum Gasteiger partial charge on any atom is 0.338 e. The van der Waals surface area contributed by atoms with Crippen LogP contribution in [-0.2, 0) is 9.53 Å². The molecule has 0 saturated heterocycles. The number of esters is 1. The smallest absolute Gasteiger partial charge is 0.338 e. The number of nitro benzene ring substituents is 1. The van der Waals surface area contributed by atoms with Gasteiger partial charge in [0.2, 0.25) is 0 Å². The minimum atomic E-state index is -0.835. The third-order valence-corrected chi connectivity index (χ3v) is 5.17. The van der Waals surface area contributed by atoms with E-state index in [4.69, 9.17) is 9.47 Å². The molecule has 11 heteroatoms. The molecular weight excluding hydrogens is 458 g/mol. The van der Waals surface area contributed by atoms with Crippen molar-refractivity contribution in [1.29, 1.82) is 0 Å². The van der Waals surface area contributed by atoms with Crippen molar-refractivity contribution in [1.82, 2.24) is 0 Å². The fourth-order valence-electron chi connectivity index (χ4n) is 3.47. The first kappa shape index (κ1) is 23.1. The van der Waals surface area contributed by atoms with Crippen molar-refractivity contribution in [2.24, 2.45) is 0 Å². The highest BCUT2D eigenvalue weighted by molar-refractivity contribution is 6.34. The van der Waals surface area contributed by atoms with E-state index >= 15 is 0 Å². The molecule has 3 aromatic rings. The van der Waals surface area contributed by atoms with E-state index in [9.17, 15) is 29.3 Å². The molecule has 3 amide bonds. The van der Waals surface area contributed by atoms with E-state index < -0.39 is 35.2 Å². The SMILES string of the molecule is COc1ccc(NC(=O)COC(=O)c2ccc(N3C(=O)c4ccccc4C3=O)cc2)c([N+](=O)[O-])c1. The molecule has 0 aliphatic carbocycles. The number of rotatable bonds is 7. The maximum atomic E-state index is 12.6. The van der Waals surface area contributed by atoms with Crippen LogP contribution in [0.15, 0.2) is 66.7 Å². The zero-order valence-electron chi connectivity index (χ0n) is 18.2. The largest absolute Gasteiger partial charge is 0.496 e. The van der Waals surface area contributed by atoms with Gasteiger partial charge in [0.25, 0.3) is 23.4 Å². The minimum Gasteiger partial charge on any atom is -0.496 e. The zero-order chi connectivity index (χ0) is 25.1. The minimum absolute atomic E-state index is 0.0774. The van der Waals surface area contributed by atoms with Gasteiger partial charge >= 0.3 is 5.97 Å². The van der Waals surface area contributed by atoms with Crippen LogP contribution < -0.4 is 15.0 Å². The summed E-state index contributed by atoms with van der Waals surface area (Å²) in [7, 11) is 1.35. The van der Waals surface area contributed by atoms with E-state index in [0.717, 1.165) is 11.0 Å². The predicted octanol–water partition coefficient (Wildman–Crippen LogP) is 3.20. The van der Waals surface area contributed by atoms with Crippen molar-refractivity contribution in [3.05, 3.63) is 93.5 Å². The highest BCUT2D eigenvalue weighted by Gasteiger charge is 2.36. The van der Waals surface area contributed by atoms with E-state index in [0.29, 0.717) is 11.1 Å². The summed E-state index contributed by atoms with van der Waals surface area (Å²) in [5.41, 5.74) is 0.481. The molecule has 0 fully saturated rings. The zero-order valence-corrected chi connectivity index (χ0v) is 18.2. The van der Waals surface area contributed by atoms with E-state index in [1.807, 2.05) is 0 Å². The number of ether oxygens (including phenoxy) is 2. The number of nitrogens with zero attached hydrogens (tertiary/aromatic N) is 2. The summed E-state index contributed by atoms with van der Waals surface area (Å²) >= 11 is 0. The van der Waals surface area contributed by atoms with E-state index in [1.165, 1.54) is 43.5 Å². The lowest BCUT2D eigenvalue weighted by atomic mass is 10.1. The van der Waals surface area contributed by atoms with Crippen molar-refractivity contribution < 1.29 is 33.6 Å². The summed E-state index contributed by atoms with van der Waals surface area (Å²) in [6, 6.07) is 15.9. The Hall–Kier alpha value is -5.06. The van der Waals surface area contributed by atoms with Crippen LogP contribution >= 0.6 is 0 Å². The Balaban J connectivity index is 1.38. The van der Waals surface area contributed by atoms with E-state index in [-0.39, 0.29) is 28.4 Å². The summed E-state index contributed by atoms with van der Waals surface area (Å²) in [4.78, 5) is 61.2. The van der Waals surface area contributed by atoms with Crippen LogP contribution in [0.25, 0.3) is 0 Å². The molecule has 35 heavy (non-hydrogen) atoms. The number of benzene rings is 3. The molecule has 0 saturated carbocycles. The van der Waals surface area contributed by atoms with Gasteiger partial charge in [0.1, 0.15) is 11.4 Å². The van der Waals surface area contributed by atoms with Gasteiger partial charge < -0.3 is 14.8 Å². The van der Waals surface area contributed by atoms with Gasteiger partial charge in [0, 0.05) is 0 Å². The number of nitrogens with one attached hydrogen (secondary N) is 1. The van der Waals surface area contributed by atoms with Crippen molar-refractivity contribution in [3.63, 3.8) is 0 Å².